The number of hydrogen-bond donors (Lipinski definition) is 1. The number of H-pyrrole nitrogens is 1. The molecular formula is C22H16N4. The zero-order chi connectivity index (χ0) is 17.3. The van der Waals surface area contributed by atoms with Gasteiger partial charge in [0.1, 0.15) is 5.82 Å². The molecule has 0 aliphatic rings. The molecule has 2 aromatic carbocycles. The maximum atomic E-state index is 4.76. The van der Waals surface area contributed by atoms with Crippen molar-refractivity contribution < 1.29 is 0 Å². The van der Waals surface area contributed by atoms with Crippen LogP contribution in [0.15, 0.2) is 91.5 Å². The van der Waals surface area contributed by atoms with E-state index >= 15 is 0 Å². The lowest BCUT2D eigenvalue weighted by Gasteiger charge is -2.03. The summed E-state index contributed by atoms with van der Waals surface area (Å²) in [5, 5.41) is 0. The van der Waals surface area contributed by atoms with Crippen molar-refractivity contribution >= 4 is 11.0 Å². The first-order valence-electron chi connectivity index (χ1n) is 8.51. The molecule has 4 nitrogen and oxygen atoms in total. The molecule has 0 saturated heterocycles. The Morgan fingerprint density at radius 3 is 2.46 bits per heavy atom. The van der Waals surface area contributed by atoms with Gasteiger partial charge in [-0.2, -0.15) is 0 Å². The van der Waals surface area contributed by atoms with Crippen LogP contribution < -0.4 is 0 Å². The molecule has 0 saturated carbocycles. The minimum atomic E-state index is 0.871. The number of hydrogen-bond acceptors (Lipinski definition) is 2. The van der Waals surface area contributed by atoms with Crippen molar-refractivity contribution in [3.05, 3.63) is 91.5 Å². The Labute approximate surface area is 150 Å². The van der Waals surface area contributed by atoms with Gasteiger partial charge in [0.05, 0.1) is 11.0 Å². The molecule has 0 spiro atoms. The van der Waals surface area contributed by atoms with Crippen LogP contribution in [0.3, 0.4) is 0 Å². The van der Waals surface area contributed by atoms with Gasteiger partial charge in [-0.25, -0.2) is 4.98 Å². The van der Waals surface area contributed by atoms with Crippen molar-refractivity contribution in [1.82, 2.24) is 19.5 Å². The van der Waals surface area contributed by atoms with Gasteiger partial charge in [-0.05, 0) is 48.0 Å². The molecule has 0 amide bonds. The number of nitrogens with one attached hydrogen (secondary N) is 1. The Kier molecular flexibility index (Phi) is 3.39. The minimum Gasteiger partial charge on any atom is -0.338 e. The summed E-state index contributed by atoms with van der Waals surface area (Å²) in [7, 11) is 0. The van der Waals surface area contributed by atoms with Gasteiger partial charge in [-0.15, -0.1) is 0 Å². The van der Waals surface area contributed by atoms with Crippen molar-refractivity contribution in [2.45, 2.75) is 0 Å². The largest absolute Gasteiger partial charge is 0.338 e. The van der Waals surface area contributed by atoms with Crippen LogP contribution >= 0.6 is 0 Å². The molecule has 3 aromatic heterocycles. The van der Waals surface area contributed by atoms with Crippen molar-refractivity contribution in [1.29, 1.82) is 0 Å². The maximum Gasteiger partial charge on any atom is 0.138 e. The van der Waals surface area contributed by atoms with Gasteiger partial charge >= 0.3 is 0 Å². The molecule has 5 aromatic rings. The summed E-state index contributed by atoms with van der Waals surface area (Å²) in [5.74, 6) is 0.871. The molecule has 0 unspecified atom stereocenters. The van der Waals surface area contributed by atoms with Gasteiger partial charge in [-0.3, -0.25) is 4.98 Å². The van der Waals surface area contributed by atoms with E-state index < -0.39 is 0 Å². The predicted molar refractivity (Wildman–Crippen MR) is 104 cm³/mol. The molecule has 124 valence electrons. The fourth-order valence-corrected chi connectivity index (χ4v) is 3.18. The summed E-state index contributed by atoms with van der Waals surface area (Å²) < 4.78 is 2.09. The number of rotatable bonds is 3. The van der Waals surface area contributed by atoms with Gasteiger partial charge < -0.3 is 9.55 Å². The van der Waals surface area contributed by atoms with Crippen molar-refractivity contribution in [3.8, 4) is 28.2 Å². The van der Waals surface area contributed by atoms with E-state index in [9.17, 15) is 0 Å². The van der Waals surface area contributed by atoms with Crippen molar-refractivity contribution in [2.75, 3.05) is 0 Å². The molecule has 0 aliphatic carbocycles. The van der Waals surface area contributed by atoms with Crippen LogP contribution in [0.1, 0.15) is 0 Å². The summed E-state index contributed by atoms with van der Waals surface area (Å²) in [5.41, 5.74) is 6.39. The number of aromatic amines is 1. The average Bonchev–Trinajstić information content (AvgIpc) is 3.38. The molecule has 0 bridgehead atoms. The van der Waals surface area contributed by atoms with E-state index in [2.05, 4.69) is 63.1 Å². The Hall–Kier alpha value is -3.66. The van der Waals surface area contributed by atoms with E-state index in [1.807, 2.05) is 36.8 Å². The highest BCUT2D eigenvalue weighted by Gasteiger charge is 2.08. The molecule has 1 N–H and O–H groups in total. The second-order valence-corrected chi connectivity index (χ2v) is 6.20. The van der Waals surface area contributed by atoms with Crippen LogP contribution in [0.5, 0.6) is 0 Å². The molecule has 0 atom stereocenters. The first-order valence-corrected chi connectivity index (χ1v) is 8.51. The quantitative estimate of drug-likeness (QED) is 0.499. The lowest BCUT2D eigenvalue weighted by atomic mass is 10.0. The van der Waals surface area contributed by atoms with Gasteiger partial charge in [-0.1, -0.05) is 24.3 Å². The average molecular weight is 336 g/mol. The molecule has 0 aliphatic heterocycles. The fraction of sp³-hybridized carbons (Fsp3) is 0. The molecule has 5 rings (SSSR count). The number of pyridine rings is 1. The second-order valence-electron chi connectivity index (χ2n) is 6.20. The summed E-state index contributed by atoms with van der Waals surface area (Å²) in [6, 6.07) is 22.7. The maximum absolute atomic E-state index is 4.76. The molecule has 26 heavy (non-hydrogen) atoms. The molecule has 0 radical (unpaired) electrons. The number of fused-ring (bicyclic) bond motifs is 1. The number of benzene rings is 2. The fourth-order valence-electron chi connectivity index (χ4n) is 3.18. The van der Waals surface area contributed by atoms with E-state index in [0.717, 1.165) is 39.2 Å². The van der Waals surface area contributed by atoms with Gasteiger partial charge in [0.2, 0.25) is 0 Å². The lowest BCUT2D eigenvalue weighted by Crippen LogP contribution is -1.88. The standard InChI is InChI=1S/C22H16N4/c1-2-12-26(11-1)19-8-9-20-21(14-19)25-22(24-20)17-6-3-5-16(13-17)18-7-4-10-23-15-18/h1-15H,(H,24,25). The van der Waals surface area contributed by atoms with Gasteiger partial charge in [0.15, 0.2) is 0 Å². The smallest absolute Gasteiger partial charge is 0.138 e. The minimum absolute atomic E-state index is 0.871. The topological polar surface area (TPSA) is 46.5 Å². The lowest BCUT2D eigenvalue weighted by molar-refractivity contribution is 1.08. The van der Waals surface area contributed by atoms with E-state index in [4.69, 9.17) is 4.98 Å². The number of imidazole rings is 1. The Bertz CT molecular complexity index is 1170. The van der Waals surface area contributed by atoms with Crippen LogP contribution in [-0.2, 0) is 0 Å². The molecular weight excluding hydrogens is 320 g/mol. The zero-order valence-electron chi connectivity index (χ0n) is 14.0. The van der Waals surface area contributed by atoms with Crippen LogP contribution in [0.4, 0.5) is 0 Å². The summed E-state index contributed by atoms with van der Waals surface area (Å²) >= 11 is 0. The number of aromatic nitrogens is 4. The third-order valence-corrected chi connectivity index (χ3v) is 4.50. The highest BCUT2D eigenvalue weighted by atomic mass is 15.0. The second kappa shape index (κ2) is 6.01. The third kappa shape index (κ3) is 2.58. The predicted octanol–water partition coefficient (Wildman–Crippen LogP) is 5.08. The van der Waals surface area contributed by atoms with E-state index in [-0.39, 0.29) is 0 Å². The van der Waals surface area contributed by atoms with Crippen molar-refractivity contribution in [2.24, 2.45) is 0 Å². The molecule has 3 heterocycles. The first kappa shape index (κ1) is 14.7. The van der Waals surface area contributed by atoms with Crippen LogP contribution in [0, 0.1) is 0 Å². The van der Waals surface area contributed by atoms with Gasteiger partial charge in [0.25, 0.3) is 0 Å². The van der Waals surface area contributed by atoms with E-state index in [0.29, 0.717) is 0 Å². The third-order valence-electron chi connectivity index (χ3n) is 4.50. The van der Waals surface area contributed by atoms with Gasteiger partial charge in [0, 0.05) is 41.6 Å². The van der Waals surface area contributed by atoms with Crippen LogP contribution in [0.2, 0.25) is 0 Å². The summed E-state index contributed by atoms with van der Waals surface area (Å²) in [4.78, 5) is 12.4. The highest BCUT2D eigenvalue weighted by molar-refractivity contribution is 5.82. The summed E-state index contributed by atoms with van der Waals surface area (Å²) in [6.45, 7) is 0. The monoisotopic (exact) mass is 336 g/mol. The Morgan fingerprint density at radius 1 is 0.769 bits per heavy atom. The zero-order valence-corrected chi connectivity index (χ0v) is 14.0. The summed E-state index contributed by atoms with van der Waals surface area (Å²) in [6.07, 6.45) is 7.74. The Balaban J connectivity index is 1.57. The first-order chi connectivity index (χ1) is 12.9. The van der Waals surface area contributed by atoms with Crippen LogP contribution in [-0.4, -0.2) is 19.5 Å². The van der Waals surface area contributed by atoms with Crippen molar-refractivity contribution in [3.63, 3.8) is 0 Å². The normalized spacial score (nSPS) is 11.1. The van der Waals surface area contributed by atoms with E-state index in [1.54, 1.807) is 6.20 Å². The highest BCUT2D eigenvalue weighted by Crippen LogP contribution is 2.26. The molecule has 0 fully saturated rings. The Morgan fingerprint density at radius 2 is 1.62 bits per heavy atom. The van der Waals surface area contributed by atoms with Crippen LogP contribution in [0.25, 0.3) is 39.2 Å². The SMILES string of the molecule is c1cncc(-c2cccc(-c3nc4ccc(-n5cccc5)cc4[nH]3)c2)c1. The molecule has 4 heteroatoms. The van der Waals surface area contributed by atoms with E-state index in [1.165, 1.54) is 0 Å². The number of nitrogens with zero attached hydrogens (tertiary/aromatic N) is 3.